The highest BCUT2D eigenvalue weighted by Crippen LogP contribution is 2.15. The summed E-state index contributed by atoms with van der Waals surface area (Å²) in [5.74, 6) is 1.73. The molecule has 0 bridgehead atoms. The van der Waals surface area contributed by atoms with Crippen molar-refractivity contribution >= 4 is 17.5 Å². The molecule has 0 spiro atoms. The average molecular weight is 341 g/mol. The number of nitrogens with one attached hydrogen (secondary N) is 1. The number of nitrogens with zero attached hydrogens (tertiary/aromatic N) is 4. The molecule has 1 N–H and O–H groups in total. The minimum atomic E-state index is 0.176. The van der Waals surface area contributed by atoms with Gasteiger partial charge in [0.2, 0.25) is 11.9 Å². The summed E-state index contributed by atoms with van der Waals surface area (Å²) >= 11 is 0. The second kappa shape index (κ2) is 8.32. The van der Waals surface area contributed by atoms with E-state index in [1.807, 2.05) is 29.2 Å². The Labute approximate surface area is 147 Å². The number of anilines is 2. The summed E-state index contributed by atoms with van der Waals surface area (Å²) in [4.78, 5) is 24.9. The fourth-order valence-electron chi connectivity index (χ4n) is 2.79. The zero-order chi connectivity index (χ0) is 17.5. The van der Waals surface area contributed by atoms with Gasteiger partial charge in [-0.15, -0.1) is 0 Å². The molecule has 25 heavy (non-hydrogen) atoms. The minimum absolute atomic E-state index is 0.176. The summed E-state index contributed by atoms with van der Waals surface area (Å²) in [7, 11) is 1.64. The molecule has 0 radical (unpaired) electrons. The molecule has 0 unspecified atom stereocenters. The molecule has 2 heterocycles. The van der Waals surface area contributed by atoms with Gasteiger partial charge in [-0.25, -0.2) is 9.97 Å². The predicted octanol–water partition coefficient (Wildman–Crippen LogP) is 1.64. The van der Waals surface area contributed by atoms with E-state index in [2.05, 4.69) is 20.2 Å². The number of rotatable bonds is 6. The third-order valence-electron chi connectivity index (χ3n) is 4.23. The van der Waals surface area contributed by atoms with Crippen LogP contribution in [-0.2, 0) is 4.79 Å². The lowest BCUT2D eigenvalue weighted by molar-refractivity contribution is -0.131. The van der Waals surface area contributed by atoms with E-state index in [9.17, 15) is 4.79 Å². The lowest BCUT2D eigenvalue weighted by Gasteiger charge is -2.34. The maximum atomic E-state index is 12.3. The Morgan fingerprint density at radius 2 is 1.80 bits per heavy atom. The van der Waals surface area contributed by atoms with Gasteiger partial charge < -0.3 is 19.9 Å². The second-order valence-electron chi connectivity index (χ2n) is 5.82. The third-order valence-corrected chi connectivity index (χ3v) is 4.23. The number of piperazine rings is 1. The molecule has 0 aliphatic carbocycles. The molecule has 7 heteroatoms. The Hall–Kier alpha value is -2.83. The number of aromatic nitrogens is 2. The summed E-state index contributed by atoms with van der Waals surface area (Å²) < 4.78 is 5.13. The average Bonchev–Trinajstić information content (AvgIpc) is 2.69. The minimum Gasteiger partial charge on any atom is -0.497 e. The quantitative estimate of drug-likeness (QED) is 0.861. The van der Waals surface area contributed by atoms with Gasteiger partial charge in [0.05, 0.1) is 7.11 Å². The number of hydrogen-bond acceptors (Lipinski definition) is 6. The van der Waals surface area contributed by atoms with Crippen LogP contribution in [0.2, 0.25) is 0 Å². The van der Waals surface area contributed by atoms with Crippen LogP contribution < -0.4 is 15.0 Å². The monoisotopic (exact) mass is 341 g/mol. The number of methoxy groups -OCH3 is 1. The molecular formula is C18H23N5O2. The van der Waals surface area contributed by atoms with Gasteiger partial charge in [0.25, 0.3) is 0 Å². The smallest absolute Gasteiger partial charge is 0.225 e. The first kappa shape index (κ1) is 17.0. The standard InChI is InChI=1S/C18H23N5O2/c1-25-16-5-3-15(4-6-16)19-10-7-17(24)22-11-13-23(14-12-22)18-20-8-2-9-21-18/h2-6,8-9,19H,7,10-14H2,1H3. The first-order valence-corrected chi connectivity index (χ1v) is 8.44. The van der Waals surface area contributed by atoms with Gasteiger partial charge in [0, 0.05) is 57.2 Å². The SMILES string of the molecule is COc1ccc(NCCC(=O)N2CCN(c3ncccn3)CC2)cc1. The Morgan fingerprint density at radius 3 is 2.44 bits per heavy atom. The van der Waals surface area contributed by atoms with Crippen molar-refractivity contribution in [2.75, 3.05) is 50.1 Å². The molecule has 1 amide bonds. The van der Waals surface area contributed by atoms with Crippen molar-refractivity contribution in [1.82, 2.24) is 14.9 Å². The van der Waals surface area contributed by atoms with Gasteiger partial charge in [0.15, 0.2) is 0 Å². The van der Waals surface area contributed by atoms with Gasteiger partial charge in [0.1, 0.15) is 5.75 Å². The van der Waals surface area contributed by atoms with E-state index in [0.29, 0.717) is 26.1 Å². The van der Waals surface area contributed by atoms with Gasteiger partial charge in [-0.3, -0.25) is 4.79 Å². The van der Waals surface area contributed by atoms with E-state index in [4.69, 9.17) is 4.74 Å². The van der Waals surface area contributed by atoms with Crippen molar-refractivity contribution in [3.63, 3.8) is 0 Å². The van der Waals surface area contributed by atoms with Crippen molar-refractivity contribution in [2.45, 2.75) is 6.42 Å². The van der Waals surface area contributed by atoms with Crippen LogP contribution in [0.15, 0.2) is 42.7 Å². The number of carbonyl (C=O) groups excluding carboxylic acids is 1. The van der Waals surface area contributed by atoms with Crippen molar-refractivity contribution in [3.05, 3.63) is 42.7 Å². The van der Waals surface area contributed by atoms with E-state index >= 15 is 0 Å². The van der Waals surface area contributed by atoms with E-state index in [-0.39, 0.29) is 5.91 Å². The highest BCUT2D eigenvalue weighted by molar-refractivity contribution is 5.77. The Bertz CT molecular complexity index is 670. The van der Waals surface area contributed by atoms with E-state index in [0.717, 1.165) is 30.5 Å². The summed E-state index contributed by atoms with van der Waals surface area (Å²) in [5, 5.41) is 3.27. The van der Waals surface area contributed by atoms with Crippen molar-refractivity contribution in [1.29, 1.82) is 0 Å². The molecule has 132 valence electrons. The van der Waals surface area contributed by atoms with E-state index < -0.39 is 0 Å². The maximum Gasteiger partial charge on any atom is 0.225 e. The summed E-state index contributed by atoms with van der Waals surface area (Å²) in [6.07, 6.45) is 3.96. The van der Waals surface area contributed by atoms with Crippen molar-refractivity contribution in [2.24, 2.45) is 0 Å². The third kappa shape index (κ3) is 4.59. The Morgan fingerprint density at radius 1 is 1.12 bits per heavy atom. The molecule has 7 nitrogen and oxygen atoms in total. The molecule has 1 aromatic heterocycles. The van der Waals surface area contributed by atoms with Crippen LogP contribution in [0.25, 0.3) is 0 Å². The van der Waals surface area contributed by atoms with Crippen LogP contribution in [0.3, 0.4) is 0 Å². The van der Waals surface area contributed by atoms with Gasteiger partial charge >= 0.3 is 0 Å². The lowest BCUT2D eigenvalue weighted by Crippen LogP contribution is -2.49. The van der Waals surface area contributed by atoms with E-state index in [1.54, 1.807) is 25.6 Å². The fraction of sp³-hybridized carbons (Fsp3) is 0.389. The predicted molar refractivity (Wildman–Crippen MR) is 96.9 cm³/mol. The molecular weight excluding hydrogens is 318 g/mol. The van der Waals surface area contributed by atoms with Crippen molar-refractivity contribution < 1.29 is 9.53 Å². The number of amides is 1. The van der Waals surface area contributed by atoms with Gasteiger partial charge in [-0.2, -0.15) is 0 Å². The van der Waals surface area contributed by atoms with E-state index in [1.165, 1.54) is 0 Å². The maximum absolute atomic E-state index is 12.3. The fourth-order valence-corrected chi connectivity index (χ4v) is 2.79. The Kier molecular flexibility index (Phi) is 5.66. The summed E-state index contributed by atoms with van der Waals surface area (Å²) in [6, 6.07) is 9.49. The molecule has 3 rings (SSSR count). The molecule has 0 saturated carbocycles. The normalized spacial score (nSPS) is 14.3. The molecule has 2 aromatic rings. The number of benzene rings is 1. The van der Waals surface area contributed by atoms with Crippen LogP contribution in [0, 0.1) is 0 Å². The number of hydrogen-bond donors (Lipinski definition) is 1. The molecule has 1 fully saturated rings. The van der Waals surface area contributed by atoms with Crippen LogP contribution in [-0.4, -0.2) is 60.6 Å². The van der Waals surface area contributed by atoms with Crippen LogP contribution in [0.1, 0.15) is 6.42 Å². The Balaban J connectivity index is 1.40. The highest BCUT2D eigenvalue weighted by Gasteiger charge is 2.21. The molecule has 1 aliphatic rings. The van der Waals surface area contributed by atoms with Crippen molar-refractivity contribution in [3.8, 4) is 5.75 Å². The largest absolute Gasteiger partial charge is 0.497 e. The molecule has 1 aliphatic heterocycles. The first-order valence-electron chi connectivity index (χ1n) is 8.44. The summed E-state index contributed by atoms with van der Waals surface area (Å²) in [6.45, 7) is 3.57. The second-order valence-corrected chi connectivity index (χ2v) is 5.82. The van der Waals surface area contributed by atoms with Gasteiger partial charge in [-0.1, -0.05) is 0 Å². The van der Waals surface area contributed by atoms with Crippen LogP contribution in [0.5, 0.6) is 5.75 Å². The zero-order valence-corrected chi connectivity index (χ0v) is 14.4. The first-order chi connectivity index (χ1) is 12.3. The molecule has 0 atom stereocenters. The highest BCUT2D eigenvalue weighted by atomic mass is 16.5. The molecule has 1 aromatic carbocycles. The number of carbonyl (C=O) groups is 1. The topological polar surface area (TPSA) is 70.6 Å². The summed E-state index contributed by atoms with van der Waals surface area (Å²) in [5.41, 5.74) is 0.986. The van der Waals surface area contributed by atoms with Crippen LogP contribution in [0.4, 0.5) is 11.6 Å². The molecule has 1 saturated heterocycles. The lowest BCUT2D eigenvalue weighted by atomic mass is 10.2. The van der Waals surface area contributed by atoms with Gasteiger partial charge in [-0.05, 0) is 30.3 Å². The number of ether oxygens (including phenoxy) is 1. The zero-order valence-electron chi connectivity index (χ0n) is 14.4. The van der Waals surface area contributed by atoms with Crippen LogP contribution >= 0.6 is 0 Å².